The van der Waals surface area contributed by atoms with Crippen LogP contribution in [0.25, 0.3) is 0 Å². The second kappa shape index (κ2) is 10.8. The van der Waals surface area contributed by atoms with Crippen LogP contribution < -0.4 is 34.7 Å². The predicted octanol–water partition coefficient (Wildman–Crippen LogP) is -1.47. The van der Waals surface area contributed by atoms with Gasteiger partial charge in [0, 0.05) is 35.2 Å². The molecule has 0 spiro atoms. The summed E-state index contributed by atoms with van der Waals surface area (Å²) >= 11 is 4.52. The van der Waals surface area contributed by atoms with Crippen LogP contribution in [0.15, 0.2) is 17.1 Å². The SMILES string of the molecule is C#CC12CC(O)C(C=C[C@H](O)C3CCCCC3)C1CC(C(S)CCC(=O)[O-])=N2.[Na+]. The number of aliphatic carboxylic acids is 1. The van der Waals surface area contributed by atoms with Crippen molar-refractivity contribution >= 4 is 24.3 Å². The number of aliphatic imine (C=N–C) groups is 1. The average Bonchev–Trinajstić information content (AvgIpc) is 3.17. The van der Waals surface area contributed by atoms with Crippen LogP contribution in [0.4, 0.5) is 0 Å². The molecule has 0 bridgehead atoms. The number of fused-ring (bicyclic) bond motifs is 1. The summed E-state index contributed by atoms with van der Waals surface area (Å²) < 4.78 is 0. The van der Waals surface area contributed by atoms with E-state index in [9.17, 15) is 20.1 Å². The van der Waals surface area contributed by atoms with Gasteiger partial charge in [-0.2, -0.15) is 12.6 Å². The average molecular weight is 428 g/mol. The number of hydrogen-bond acceptors (Lipinski definition) is 6. The predicted molar refractivity (Wildman–Crippen MR) is 110 cm³/mol. The van der Waals surface area contributed by atoms with Crippen molar-refractivity contribution in [2.24, 2.45) is 22.7 Å². The van der Waals surface area contributed by atoms with E-state index in [4.69, 9.17) is 11.4 Å². The van der Waals surface area contributed by atoms with E-state index >= 15 is 0 Å². The van der Waals surface area contributed by atoms with E-state index in [-0.39, 0.29) is 53.1 Å². The fourth-order valence-electron chi connectivity index (χ4n) is 5.12. The maximum Gasteiger partial charge on any atom is 1.00 e. The summed E-state index contributed by atoms with van der Waals surface area (Å²) in [6.07, 6.45) is 15.4. The number of carboxylic acids is 1. The van der Waals surface area contributed by atoms with Crippen molar-refractivity contribution in [3.05, 3.63) is 12.2 Å². The first-order valence-electron chi connectivity index (χ1n) is 10.3. The minimum absolute atomic E-state index is 0. The monoisotopic (exact) mass is 427 g/mol. The molecule has 0 aromatic carbocycles. The third-order valence-electron chi connectivity index (χ3n) is 6.73. The standard InChI is InChI=1S/C22H31NO4S.Na/c1-2-22-13-19(25)15(8-9-18(24)14-6-4-3-5-7-14)16(22)12-17(23-22)20(28)10-11-21(26)27;/h1,8-9,14-16,18-20,24-25,28H,3-7,10-13H2,(H,26,27);/q;+1/p-1/t15?,16?,18-,19?,20?,22?;/m0./s1. The second-order valence-corrected chi connectivity index (χ2v) is 9.15. The molecule has 29 heavy (non-hydrogen) atoms. The Labute approximate surface area is 201 Å². The molecule has 6 atom stereocenters. The molecule has 0 saturated heterocycles. The first kappa shape index (κ1) is 25.0. The Morgan fingerprint density at radius 1 is 1.41 bits per heavy atom. The van der Waals surface area contributed by atoms with Crippen LogP contribution in [0.3, 0.4) is 0 Å². The Morgan fingerprint density at radius 3 is 2.72 bits per heavy atom. The fraction of sp³-hybridized carbons (Fsp3) is 0.727. The number of carbonyl (C=O) groups excluding carboxylic acids is 1. The summed E-state index contributed by atoms with van der Waals surface area (Å²) in [5.74, 6) is 1.77. The summed E-state index contributed by atoms with van der Waals surface area (Å²) in [6, 6.07) is 0. The van der Waals surface area contributed by atoms with Gasteiger partial charge in [-0.15, -0.1) is 6.42 Å². The Kier molecular flexibility index (Phi) is 9.33. The summed E-state index contributed by atoms with van der Waals surface area (Å²) in [5.41, 5.74) is 0.0489. The Balaban J connectivity index is 0.00000300. The molecule has 2 N–H and O–H groups in total. The molecular formula is C22H30NNaO4S. The van der Waals surface area contributed by atoms with E-state index < -0.39 is 23.7 Å². The van der Waals surface area contributed by atoms with E-state index in [2.05, 4.69) is 18.5 Å². The topological polar surface area (TPSA) is 93.0 Å². The number of nitrogens with zero attached hydrogens (tertiary/aromatic N) is 1. The van der Waals surface area contributed by atoms with Crippen LogP contribution in [0.2, 0.25) is 0 Å². The molecule has 1 heterocycles. The van der Waals surface area contributed by atoms with Gasteiger partial charge in [-0.05, 0) is 38.0 Å². The van der Waals surface area contributed by atoms with Crippen LogP contribution >= 0.6 is 12.6 Å². The molecule has 7 heteroatoms. The molecule has 0 aromatic rings. The van der Waals surface area contributed by atoms with Gasteiger partial charge in [-0.25, -0.2) is 0 Å². The first-order valence-corrected chi connectivity index (χ1v) is 10.9. The van der Waals surface area contributed by atoms with E-state index in [0.29, 0.717) is 25.2 Å². The first-order chi connectivity index (χ1) is 13.4. The number of hydrogen-bond donors (Lipinski definition) is 3. The van der Waals surface area contributed by atoms with Gasteiger partial charge in [0.25, 0.3) is 0 Å². The summed E-state index contributed by atoms with van der Waals surface area (Å²) in [6.45, 7) is 0. The largest absolute Gasteiger partial charge is 1.00 e. The van der Waals surface area contributed by atoms with Gasteiger partial charge in [0.15, 0.2) is 0 Å². The molecule has 3 aliphatic rings. The van der Waals surface area contributed by atoms with Crippen molar-refractivity contribution < 1.29 is 49.7 Å². The maximum atomic E-state index is 10.7. The third-order valence-corrected chi connectivity index (χ3v) is 7.29. The van der Waals surface area contributed by atoms with Crippen molar-refractivity contribution in [2.45, 2.75) is 80.8 Å². The summed E-state index contributed by atoms with van der Waals surface area (Å²) in [5, 5.41) is 31.6. The molecule has 1 aliphatic heterocycles. The van der Waals surface area contributed by atoms with Gasteiger partial charge in [0.05, 0.1) is 12.2 Å². The van der Waals surface area contributed by atoms with Crippen LogP contribution in [0, 0.1) is 30.1 Å². The Morgan fingerprint density at radius 2 is 2.10 bits per heavy atom. The summed E-state index contributed by atoms with van der Waals surface area (Å²) in [4.78, 5) is 15.5. The molecule has 0 aromatic heterocycles. The molecule has 154 valence electrons. The molecule has 2 fully saturated rings. The molecule has 0 radical (unpaired) electrons. The van der Waals surface area contributed by atoms with E-state index in [1.807, 2.05) is 12.2 Å². The van der Waals surface area contributed by atoms with Crippen LogP contribution in [0.5, 0.6) is 0 Å². The zero-order valence-corrected chi connectivity index (χ0v) is 20.1. The molecular weight excluding hydrogens is 397 g/mol. The van der Waals surface area contributed by atoms with E-state index in [1.165, 1.54) is 6.42 Å². The van der Waals surface area contributed by atoms with Crippen molar-refractivity contribution in [3.63, 3.8) is 0 Å². The molecule has 3 rings (SSSR count). The molecule has 5 nitrogen and oxygen atoms in total. The normalized spacial score (nSPS) is 34.1. The Bertz CT molecular complexity index is 685. The molecule has 2 aliphatic carbocycles. The number of aliphatic hydroxyl groups excluding tert-OH is 2. The second-order valence-electron chi connectivity index (χ2n) is 8.53. The number of aliphatic hydroxyl groups is 2. The number of rotatable bonds is 7. The maximum absolute atomic E-state index is 10.7. The van der Waals surface area contributed by atoms with E-state index in [0.717, 1.165) is 31.4 Å². The summed E-state index contributed by atoms with van der Waals surface area (Å²) in [7, 11) is 0. The van der Waals surface area contributed by atoms with Crippen molar-refractivity contribution in [2.75, 3.05) is 0 Å². The zero-order chi connectivity index (χ0) is 20.3. The fourth-order valence-corrected chi connectivity index (χ4v) is 5.41. The minimum Gasteiger partial charge on any atom is -0.550 e. The van der Waals surface area contributed by atoms with Crippen LogP contribution in [-0.4, -0.2) is 44.9 Å². The van der Waals surface area contributed by atoms with Gasteiger partial charge in [-0.3, -0.25) is 4.99 Å². The molecule has 0 amide bonds. The zero-order valence-electron chi connectivity index (χ0n) is 17.2. The van der Waals surface area contributed by atoms with Crippen molar-refractivity contribution in [3.8, 4) is 12.3 Å². The van der Waals surface area contributed by atoms with E-state index in [1.54, 1.807) is 0 Å². The van der Waals surface area contributed by atoms with Gasteiger partial charge in [0.2, 0.25) is 0 Å². The van der Waals surface area contributed by atoms with Crippen molar-refractivity contribution in [1.82, 2.24) is 0 Å². The third kappa shape index (κ3) is 5.70. The minimum atomic E-state index is -1.10. The van der Waals surface area contributed by atoms with Gasteiger partial charge in [0.1, 0.15) is 5.54 Å². The van der Waals surface area contributed by atoms with Crippen LogP contribution in [-0.2, 0) is 4.79 Å². The quantitative estimate of drug-likeness (QED) is 0.200. The molecule has 2 saturated carbocycles. The number of thiol groups is 1. The van der Waals surface area contributed by atoms with Crippen LogP contribution in [0.1, 0.15) is 57.8 Å². The smallest absolute Gasteiger partial charge is 0.550 e. The van der Waals surface area contributed by atoms with Gasteiger partial charge < -0.3 is 20.1 Å². The number of carbonyl (C=O) groups is 1. The van der Waals surface area contributed by atoms with Gasteiger partial charge >= 0.3 is 29.6 Å². The van der Waals surface area contributed by atoms with Gasteiger partial charge in [-0.1, -0.05) is 37.3 Å². The number of terminal acetylenes is 1. The van der Waals surface area contributed by atoms with Crippen molar-refractivity contribution in [1.29, 1.82) is 0 Å². The molecule has 5 unspecified atom stereocenters. The number of carboxylic acid groups (broad SMARTS) is 1. The Hall–Kier alpha value is -0.290.